The van der Waals surface area contributed by atoms with Gasteiger partial charge in [-0.3, -0.25) is 14.5 Å². The molecular weight excluding hydrogens is 412 g/mol. The molecule has 2 aromatic rings. The van der Waals surface area contributed by atoms with E-state index in [0.29, 0.717) is 41.6 Å². The second kappa shape index (κ2) is 8.39. The summed E-state index contributed by atoms with van der Waals surface area (Å²) in [5.41, 5.74) is 0.934. The molecule has 0 aliphatic carbocycles. The summed E-state index contributed by atoms with van der Waals surface area (Å²) < 4.78 is 27.0. The summed E-state index contributed by atoms with van der Waals surface area (Å²) in [4.78, 5) is 31.7. The Morgan fingerprint density at radius 3 is 2.45 bits per heavy atom. The van der Waals surface area contributed by atoms with Gasteiger partial charge in [-0.2, -0.15) is 4.31 Å². The minimum atomic E-state index is -3.44. The van der Waals surface area contributed by atoms with Crippen LogP contribution in [0.5, 0.6) is 0 Å². The average molecular weight is 437 g/mol. The highest BCUT2D eigenvalue weighted by Gasteiger charge is 2.30. The van der Waals surface area contributed by atoms with E-state index in [4.69, 9.17) is 0 Å². The number of sulfonamides is 1. The van der Waals surface area contributed by atoms with Gasteiger partial charge >= 0.3 is 0 Å². The second-order valence-corrected chi connectivity index (χ2v) is 10.4. The zero-order valence-corrected chi connectivity index (χ0v) is 17.7. The van der Waals surface area contributed by atoms with E-state index in [0.717, 1.165) is 25.9 Å². The second-order valence-electron chi connectivity index (χ2n) is 7.34. The molecule has 0 spiro atoms. The van der Waals surface area contributed by atoms with Gasteiger partial charge in [0.25, 0.3) is 15.9 Å². The number of hydrogen-bond acceptors (Lipinski definition) is 6. The number of rotatable bonds is 6. The average Bonchev–Trinajstić information content (AvgIpc) is 3.50. The van der Waals surface area contributed by atoms with Crippen molar-refractivity contribution in [3.8, 4) is 0 Å². The van der Waals surface area contributed by atoms with Crippen LogP contribution in [0.3, 0.4) is 0 Å². The Bertz CT molecular complexity index is 970. The van der Waals surface area contributed by atoms with Crippen molar-refractivity contribution in [2.24, 2.45) is 0 Å². The summed E-state index contributed by atoms with van der Waals surface area (Å²) in [5, 5.41) is 1.75. The van der Waals surface area contributed by atoms with Gasteiger partial charge < -0.3 is 9.88 Å². The number of carbonyl (C=O) groups excluding carboxylic acids is 2. The van der Waals surface area contributed by atoms with E-state index in [1.807, 2.05) is 4.90 Å². The molecule has 2 fully saturated rings. The fourth-order valence-electron chi connectivity index (χ4n) is 3.73. The molecule has 4 rings (SSSR count). The molecule has 0 atom stereocenters. The van der Waals surface area contributed by atoms with Crippen LogP contribution >= 0.6 is 11.3 Å². The summed E-state index contributed by atoms with van der Waals surface area (Å²) in [6.07, 6.45) is 3.63. The molecule has 1 amide bonds. The Labute approximate surface area is 174 Å². The maximum absolute atomic E-state index is 12.6. The van der Waals surface area contributed by atoms with Crippen LogP contribution < -0.4 is 0 Å². The number of ketones is 1. The number of likely N-dealkylation sites (tertiary alicyclic amines) is 1. The van der Waals surface area contributed by atoms with E-state index < -0.39 is 10.0 Å². The first-order valence-electron chi connectivity index (χ1n) is 9.72. The molecule has 8 nitrogen and oxygen atoms in total. The summed E-state index contributed by atoms with van der Waals surface area (Å²) in [6, 6.07) is 4.97. The maximum Gasteiger partial charge on any atom is 0.270 e. The third kappa shape index (κ3) is 4.30. The summed E-state index contributed by atoms with van der Waals surface area (Å²) in [7, 11) is -3.44. The number of Topliss-reactive ketones (excluding diaryl/α,β-unsaturated/α-hetero) is 1. The molecule has 2 aromatic heterocycles. The fraction of sp³-hybridized carbons (Fsp3) is 0.474. The Morgan fingerprint density at radius 2 is 1.79 bits per heavy atom. The van der Waals surface area contributed by atoms with Crippen LogP contribution in [0.15, 0.2) is 34.0 Å². The predicted molar refractivity (Wildman–Crippen MR) is 110 cm³/mol. The van der Waals surface area contributed by atoms with Crippen LogP contribution in [-0.2, 0) is 10.0 Å². The fourth-order valence-corrected chi connectivity index (χ4v) is 6.30. The van der Waals surface area contributed by atoms with E-state index in [2.05, 4.69) is 4.98 Å². The number of nitrogens with one attached hydrogen (secondary N) is 1. The molecule has 2 aliphatic rings. The van der Waals surface area contributed by atoms with Gasteiger partial charge in [-0.05, 0) is 30.4 Å². The third-order valence-electron chi connectivity index (χ3n) is 5.42. The number of nitrogens with zero attached hydrogens (tertiary/aromatic N) is 3. The molecule has 2 aliphatic heterocycles. The van der Waals surface area contributed by atoms with Gasteiger partial charge in [-0.25, -0.2) is 8.42 Å². The standard InChI is InChI=1S/C19H24N4O4S2/c24-17(15-12-16(20-13-15)19(25)22-5-1-2-6-22)14-21-7-9-23(10-8-21)29(26,27)18-4-3-11-28-18/h3-4,11-13,20H,1-2,5-10,14H2. The van der Waals surface area contributed by atoms with E-state index in [1.54, 1.807) is 34.7 Å². The minimum absolute atomic E-state index is 0.0612. The lowest BCUT2D eigenvalue weighted by molar-refractivity contribution is 0.0787. The molecule has 0 radical (unpaired) electrons. The molecule has 0 unspecified atom stereocenters. The Morgan fingerprint density at radius 1 is 1.07 bits per heavy atom. The predicted octanol–water partition coefficient (Wildman–Crippen LogP) is 1.50. The van der Waals surface area contributed by atoms with Crippen LogP contribution in [-0.4, -0.2) is 85.0 Å². The van der Waals surface area contributed by atoms with Gasteiger partial charge in [0.05, 0.1) is 6.54 Å². The summed E-state index contributed by atoms with van der Waals surface area (Å²) in [5.74, 6) is -0.134. The van der Waals surface area contributed by atoms with E-state index in [1.165, 1.54) is 15.6 Å². The quantitative estimate of drug-likeness (QED) is 0.693. The van der Waals surface area contributed by atoms with Gasteiger partial charge in [-0.1, -0.05) is 6.07 Å². The van der Waals surface area contributed by atoms with Gasteiger partial charge in [0, 0.05) is 51.0 Å². The van der Waals surface area contributed by atoms with Crippen molar-refractivity contribution in [2.45, 2.75) is 17.1 Å². The van der Waals surface area contributed by atoms with Crippen LogP contribution in [0, 0.1) is 0 Å². The van der Waals surface area contributed by atoms with Crippen LogP contribution in [0.25, 0.3) is 0 Å². The maximum atomic E-state index is 12.6. The van der Waals surface area contributed by atoms with Gasteiger partial charge in [-0.15, -0.1) is 11.3 Å². The third-order valence-corrected chi connectivity index (χ3v) is 8.69. The Balaban J connectivity index is 1.32. The highest BCUT2D eigenvalue weighted by atomic mass is 32.2. The monoisotopic (exact) mass is 436 g/mol. The lowest BCUT2D eigenvalue weighted by Crippen LogP contribution is -2.49. The van der Waals surface area contributed by atoms with Crippen molar-refractivity contribution in [1.82, 2.24) is 19.1 Å². The first-order chi connectivity index (χ1) is 13.9. The van der Waals surface area contributed by atoms with E-state index in [9.17, 15) is 18.0 Å². The lowest BCUT2D eigenvalue weighted by atomic mass is 10.2. The first-order valence-corrected chi connectivity index (χ1v) is 12.0. The van der Waals surface area contributed by atoms with Crippen LogP contribution in [0.4, 0.5) is 0 Å². The number of aromatic nitrogens is 1. The molecular formula is C19H24N4O4S2. The number of H-pyrrole nitrogens is 1. The molecule has 0 aromatic carbocycles. The Hall–Kier alpha value is -2.01. The first kappa shape index (κ1) is 20.3. The van der Waals surface area contributed by atoms with Crippen LogP contribution in [0.2, 0.25) is 0 Å². The van der Waals surface area contributed by atoms with Crippen molar-refractivity contribution < 1.29 is 18.0 Å². The van der Waals surface area contributed by atoms with Crippen molar-refractivity contribution in [3.63, 3.8) is 0 Å². The molecule has 0 saturated carbocycles. The SMILES string of the molecule is O=C(CN1CCN(S(=O)(=O)c2cccs2)CC1)c1c[nH]c(C(=O)N2CCCC2)c1. The minimum Gasteiger partial charge on any atom is -0.356 e. The molecule has 1 N–H and O–H groups in total. The summed E-state index contributed by atoms with van der Waals surface area (Å²) in [6.45, 7) is 3.46. The van der Waals surface area contributed by atoms with Crippen molar-refractivity contribution in [2.75, 3.05) is 45.8 Å². The molecule has 156 valence electrons. The number of amides is 1. The molecule has 10 heteroatoms. The van der Waals surface area contributed by atoms with Crippen molar-refractivity contribution >= 4 is 33.1 Å². The lowest BCUT2D eigenvalue weighted by Gasteiger charge is -2.33. The highest BCUT2D eigenvalue weighted by Crippen LogP contribution is 2.22. The normalized spacial score (nSPS) is 19.0. The summed E-state index contributed by atoms with van der Waals surface area (Å²) >= 11 is 1.21. The van der Waals surface area contributed by atoms with Crippen LogP contribution in [0.1, 0.15) is 33.7 Å². The zero-order valence-electron chi connectivity index (χ0n) is 16.0. The zero-order chi connectivity index (χ0) is 20.4. The number of piperazine rings is 1. The molecule has 0 bridgehead atoms. The molecule has 4 heterocycles. The number of hydrogen-bond donors (Lipinski definition) is 1. The number of aromatic amines is 1. The smallest absolute Gasteiger partial charge is 0.270 e. The Kier molecular flexibility index (Phi) is 5.86. The highest BCUT2D eigenvalue weighted by molar-refractivity contribution is 7.91. The van der Waals surface area contributed by atoms with E-state index in [-0.39, 0.29) is 18.2 Å². The number of carbonyl (C=O) groups is 2. The van der Waals surface area contributed by atoms with Crippen molar-refractivity contribution in [1.29, 1.82) is 0 Å². The number of thiophene rings is 1. The van der Waals surface area contributed by atoms with E-state index >= 15 is 0 Å². The largest absolute Gasteiger partial charge is 0.356 e. The molecule has 29 heavy (non-hydrogen) atoms. The topological polar surface area (TPSA) is 93.8 Å². The van der Waals surface area contributed by atoms with Gasteiger partial charge in [0.1, 0.15) is 9.90 Å². The van der Waals surface area contributed by atoms with Crippen molar-refractivity contribution in [3.05, 3.63) is 41.0 Å². The van der Waals surface area contributed by atoms with Gasteiger partial charge in [0.2, 0.25) is 0 Å². The van der Waals surface area contributed by atoms with Gasteiger partial charge in [0.15, 0.2) is 5.78 Å². The molecule has 2 saturated heterocycles.